The van der Waals surface area contributed by atoms with Gasteiger partial charge < -0.3 is 0 Å². The van der Waals surface area contributed by atoms with Gasteiger partial charge in [-0.15, -0.1) is 0 Å². The summed E-state index contributed by atoms with van der Waals surface area (Å²) >= 11 is 0. The first-order valence-electron chi connectivity index (χ1n) is 6.58. The van der Waals surface area contributed by atoms with E-state index in [4.69, 9.17) is 0 Å². The maximum absolute atomic E-state index is 2.56. The summed E-state index contributed by atoms with van der Waals surface area (Å²) in [7, 11) is 0. The highest BCUT2D eigenvalue weighted by Gasteiger charge is 2.65. The second-order valence-corrected chi connectivity index (χ2v) is 6.69. The summed E-state index contributed by atoms with van der Waals surface area (Å²) in [5.41, 5.74) is 0.722. The summed E-state index contributed by atoms with van der Waals surface area (Å²) < 4.78 is 0. The third-order valence-electron chi connectivity index (χ3n) is 6.49. The van der Waals surface area contributed by atoms with E-state index >= 15 is 0 Å². The molecule has 0 radical (unpaired) electrons. The lowest BCUT2D eigenvalue weighted by atomic mass is 9.48. The van der Waals surface area contributed by atoms with Crippen LogP contribution < -0.4 is 0 Å². The zero-order valence-electron chi connectivity index (χ0n) is 10.1. The maximum atomic E-state index is 2.56. The Balaban J connectivity index is 1.88. The van der Waals surface area contributed by atoms with Gasteiger partial charge in [0, 0.05) is 0 Å². The first kappa shape index (κ1) is 9.24. The van der Waals surface area contributed by atoms with Gasteiger partial charge >= 0.3 is 0 Å². The monoisotopic (exact) mass is 192 g/mol. The molecule has 0 saturated heterocycles. The summed E-state index contributed by atoms with van der Waals surface area (Å²) in [6.07, 6.45) is 4.54. The van der Waals surface area contributed by atoms with Gasteiger partial charge in [0.2, 0.25) is 0 Å². The second-order valence-electron chi connectivity index (χ2n) is 6.69. The Morgan fingerprint density at radius 2 is 1.79 bits per heavy atom. The summed E-state index contributed by atoms with van der Waals surface area (Å²) in [5.74, 6) is 6.52. The maximum Gasteiger partial charge on any atom is -0.0294 e. The van der Waals surface area contributed by atoms with Crippen molar-refractivity contribution in [3.63, 3.8) is 0 Å². The fourth-order valence-electron chi connectivity index (χ4n) is 5.40. The lowest BCUT2D eigenvalue weighted by Crippen LogP contribution is -2.51. The van der Waals surface area contributed by atoms with Crippen molar-refractivity contribution >= 4 is 0 Å². The molecule has 0 heterocycles. The predicted octanol–water partition coefficient (Wildman–Crippen LogP) is 3.96. The zero-order chi connectivity index (χ0) is 10.1. The van der Waals surface area contributed by atoms with Crippen molar-refractivity contribution in [1.82, 2.24) is 0 Å². The van der Waals surface area contributed by atoms with Crippen molar-refractivity contribution in [2.45, 2.75) is 47.0 Å². The molecule has 80 valence electrons. The van der Waals surface area contributed by atoms with Crippen molar-refractivity contribution in [3.05, 3.63) is 0 Å². The Morgan fingerprint density at radius 3 is 2.43 bits per heavy atom. The molecule has 0 spiro atoms. The van der Waals surface area contributed by atoms with Gasteiger partial charge in [-0.25, -0.2) is 0 Å². The highest BCUT2D eigenvalue weighted by molar-refractivity contribution is 5.13. The summed E-state index contributed by atoms with van der Waals surface area (Å²) in [6.45, 7) is 9.96. The molecule has 0 aromatic carbocycles. The number of hydrogen-bond acceptors (Lipinski definition) is 0. The third-order valence-corrected chi connectivity index (χ3v) is 6.49. The van der Waals surface area contributed by atoms with E-state index < -0.39 is 0 Å². The predicted molar refractivity (Wildman–Crippen MR) is 59.9 cm³/mol. The van der Waals surface area contributed by atoms with E-state index in [2.05, 4.69) is 27.7 Å². The lowest BCUT2D eigenvalue weighted by Gasteiger charge is -2.56. The van der Waals surface area contributed by atoms with E-state index in [0.717, 1.165) is 40.9 Å². The normalized spacial score (nSPS) is 65.1. The van der Waals surface area contributed by atoms with Crippen molar-refractivity contribution < 1.29 is 0 Å². The average Bonchev–Trinajstić information content (AvgIpc) is 2.68. The molecule has 3 aliphatic rings. The van der Waals surface area contributed by atoms with Crippen LogP contribution in [-0.4, -0.2) is 0 Å². The SMILES string of the molecule is CCC1(C)CC2CC1C1C(C)C(C)C21. The van der Waals surface area contributed by atoms with Crippen LogP contribution in [0.1, 0.15) is 47.0 Å². The molecule has 7 atom stereocenters. The van der Waals surface area contributed by atoms with Gasteiger partial charge in [-0.1, -0.05) is 34.1 Å². The molecule has 0 amide bonds. The Hall–Kier alpha value is 0. The molecule has 0 N–H and O–H groups in total. The highest BCUT2D eigenvalue weighted by Crippen LogP contribution is 2.71. The lowest BCUT2D eigenvalue weighted by molar-refractivity contribution is -0.0854. The van der Waals surface area contributed by atoms with E-state index in [1.165, 1.54) is 6.42 Å². The van der Waals surface area contributed by atoms with E-state index in [1.807, 2.05) is 0 Å². The number of fused-ring (bicyclic) bond motifs is 5. The van der Waals surface area contributed by atoms with Gasteiger partial charge in [-0.2, -0.15) is 0 Å². The third kappa shape index (κ3) is 0.823. The largest absolute Gasteiger partial charge is 0.0649 e. The standard InChI is InChI=1S/C14H24/c1-5-14(4)7-10-6-11(14)13-9(3)8(2)12(10)13/h8-13H,5-7H2,1-4H3. The minimum absolute atomic E-state index is 0.722. The molecule has 2 bridgehead atoms. The van der Waals surface area contributed by atoms with E-state index in [9.17, 15) is 0 Å². The fourth-order valence-corrected chi connectivity index (χ4v) is 5.40. The molecule has 3 saturated carbocycles. The van der Waals surface area contributed by atoms with Crippen LogP contribution in [0.2, 0.25) is 0 Å². The molecular weight excluding hydrogens is 168 g/mol. The van der Waals surface area contributed by atoms with Gasteiger partial charge in [-0.3, -0.25) is 0 Å². The zero-order valence-corrected chi connectivity index (χ0v) is 10.1. The molecule has 0 aliphatic heterocycles. The van der Waals surface area contributed by atoms with E-state index in [1.54, 1.807) is 12.8 Å². The summed E-state index contributed by atoms with van der Waals surface area (Å²) in [5, 5.41) is 0. The molecular formula is C14H24. The summed E-state index contributed by atoms with van der Waals surface area (Å²) in [4.78, 5) is 0. The average molecular weight is 192 g/mol. The van der Waals surface area contributed by atoms with Crippen LogP contribution >= 0.6 is 0 Å². The van der Waals surface area contributed by atoms with Gasteiger partial charge in [0.15, 0.2) is 0 Å². The van der Waals surface area contributed by atoms with Gasteiger partial charge in [0.25, 0.3) is 0 Å². The van der Waals surface area contributed by atoms with Crippen LogP contribution in [0, 0.1) is 40.9 Å². The van der Waals surface area contributed by atoms with E-state index in [-0.39, 0.29) is 0 Å². The number of rotatable bonds is 1. The van der Waals surface area contributed by atoms with Crippen molar-refractivity contribution in [2.75, 3.05) is 0 Å². The first-order valence-corrected chi connectivity index (χ1v) is 6.58. The minimum atomic E-state index is 0.722. The minimum Gasteiger partial charge on any atom is -0.0649 e. The van der Waals surface area contributed by atoms with Gasteiger partial charge in [0.05, 0.1) is 0 Å². The molecule has 0 aromatic heterocycles. The molecule has 3 rings (SSSR count). The molecule has 3 aliphatic carbocycles. The fraction of sp³-hybridized carbons (Fsp3) is 1.00. The first-order chi connectivity index (χ1) is 6.58. The second kappa shape index (κ2) is 2.57. The molecule has 0 heteroatoms. The van der Waals surface area contributed by atoms with Crippen LogP contribution in [0.25, 0.3) is 0 Å². The Kier molecular flexibility index (Phi) is 1.70. The summed E-state index contributed by atoms with van der Waals surface area (Å²) in [6, 6.07) is 0. The number of hydrogen-bond donors (Lipinski definition) is 0. The van der Waals surface area contributed by atoms with Crippen molar-refractivity contribution in [3.8, 4) is 0 Å². The van der Waals surface area contributed by atoms with Gasteiger partial charge in [0.1, 0.15) is 0 Å². The quantitative estimate of drug-likeness (QED) is 0.590. The van der Waals surface area contributed by atoms with Crippen LogP contribution in [0.3, 0.4) is 0 Å². The van der Waals surface area contributed by atoms with Crippen LogP contribution in [0.15, 0.2) is 0 Å². The highest BCUT2D eigenvalue weighted by atomic mass is 14.7. The molecule has 0 aromatic rings. The Labute approximate surface area is 88.5 Å². The topological polar surface area (TPSA) is 0 Å². The van der Waals surface area contributed by atoms with Crippen molar-refractivity contribution in [1.29, 1.82) is 0 Å². The van der Waals surface area contributed by atoms with E-state index in [0.29, 0.717) is 0 Å². The van der Waals surface area contributed by atoms with Crippen LogP contribution in [0.4, 0.5) is 0 Å². The van der Waals surface area contributed by atoms with Crippen LogP contribution in [0.5, 0.6) is 0 Å². The molecule has 14 heavy (non-hydrogen) atoms. The molecule has 3 fully saturated rings. The van der Waals surface area contributed by atoms with Gasteiger partial charge in [-0.05, 0) is 53.8 Å². The smallest absolute Gasteiger partial charge is 0.0294 e. The van der Waals surface area contributed by atoms with Crippen molar-refractivity contribution in [2.24, 2.45) is 40.9 Å². The molecule has 0 nitrogen and oxygen atoms in total. The van der Waals surface area contributed by atoms with Crippen LogP contribution in [-0.2, 0) is 0 Å². The molecule has 7 unspecified atom stereocenters. The Morgan fingerprint density at radius 1 is 1.14 bits per heavy atom. The Bertz CT molecular complexity index is 257.